The van der Waals surface area contributed by atoms with Gasteiger partial charge in [-0.3, -0.25) is 4.68 Å². The lowest BCUT2D eigenvalue weighted by Gasteiger charge is -2.05. The van der Waals surface area contributed by atoms with E-state index in [1.807, 2.05) is 31.1 Å². The second kappa shape index (κ2) is 5.33. The Balaban J connectivity index is 1.82. The molecule has 1 N–H and O–H groups in total. The lowest BCUT2D eigenvalue weighted by Crippen LogP contribution is -2.19. The molecule has 0 aliphatic rings. The SMILES string of the molecule is Cc1nn(C)c(Cl)c1CNCCn1ccnc1. The van der Waals surface area contributed by atoms with Crippen molar-refractivity contribution >= 4 is 11.6 Å². The Hall–Kier alpha value is -1.33. The third-order valence-electron chi connectivity index (χ3n) is 2.68. The van der Waals surface area contributed by atoms with E-state index in [2.05, 4.69) is 15.4 Å². The molecule has 0 unspecified atom stereocenters. The zero-order valence-electron chi connectivity index (χ0n) is 10.0. The second-order valence-electron chi connectivity index (χ2n) is 3.96. The molecule has 0 aliphatic carbocycles. The Labute approximate surface area is 105 Å². The van der Waals surface area contributed by atoms with Gasteiger partial charge >= 0.3 is 0 Å². The summed E-state index contributed by atoms with van der Waals surface area (Å²) < 4.78 is 3.73. The monoisotopic (exact) mass is 253 g/mol. The van der Waals surface area contributed by atoms with Gasteiger partial charge in [0.05, 0.1) is 12.0 Å². The summed E-state index contributed by atoms with van der Waals surface area (Å²) >= 11 is 6.14. The average molecular weight is 254 g/mol. The van der Waals surface area contributed by atoms with Crippen LogP contribution in [-0.2, 0) is 20.1 Å². The molecule has 0 saturated heterocycles. The molecule has 2 heterocycles. The molecule has 0 bridgehead atoms. The Kier molecular flexibility index (Phi) is 3.81. The number of imidazole rings is 1. The van der Waals surface area contributed by atoms with Crippen molar-refractivity contribution in [3.63, 3.8) is 0 Å². The predicted molar refractivity (Wildman–Crippen MR) is 66.9 cm³/mol. The molecule has 0 radical (unpaired) electrons. The fourth-order valence-electron chi connectivity index (χ4n) is 1.72. The zero-order valence-corrected chi connectivity index (χ0v) is 10.8. The molecule has 2 aromatic rings. The minimum atomic E-state index is 0.706. The lowest BCUT2D eigenvalue weighted by atomic mass is 10.2. The van der Waals surface area contributed by atoms with Crippen molar-refractivity contribution in [1.29, 1.82) is 0 Å². The topological polar surface area (TPSA) is 47.7 Å². The predicted octanol–water partition coefficient (Wildman–Crippen LogP) is 1.37. The van der Waals surface area contributed by atoms with E-state index in [-0.39, 0.29) is 0 Å². The van der Waals surface area contributed by atoms with Gasteiger partial charge in [0.2, 0.25) is 0 Å². The maximum absolute atomic E-state index is 6.14. The lowest BCUT2D eigenvalue weighted by molar-refractivity contribution is 0.596. The number of rotatable bonds is 5. The van der Waals surface area contributed by atoms with Crippen molar-refractivity contribution < 1.29 is 0 Å². The molecule has 0 spiro atoms. The van der Waals surface area contributed by atoms with Gasteiger partial charge in [0.15, 0.2) is 0 Å². The third kappa shape index (κ3) is 2.87. The minimum Gasteiger partial charge on any atom is -0.336 e. The van der Waals surface area contributed by atoms with Crippen LogP contribution in [0.4, 0.5) is 0 Å². The summed E-state index contributed by atoms with van der Waals surface area (Å²) in [7, 11) is 1.85. The van der Waals surface area contributed by atoms with Crippen LogP contribution in [0.15, 0.2) is 18.7 Å². The van der Waals surface area contributed by atoms with Crippen LogP contribution in [0, 0.1) is 6.92 Å². The zero-order chi connectivity index (χ0) is 12.3. The number of hydrogen-bond acceptors (Lipinski definition) is 3. The maximum Gasteiger partial charge on any atom is 0.131 e. The van der Waals surface area contributed by atoms with Crippen LogP contribution in [0.2, 0.25) is 5.15 Å². The van der Waals surface area contributed by atoms with E-state index in [9.17, 15) is 0 Å². The number of aromatic nitrogens is 4. The normalized spacial score (nSPS) is 11.0. The van der Waals surface area contributed by atoms with E-state index in [0.29, 0.717) is 5.15 Å². The van der Waals surface area contributed by atoms with E-state index in [4.69, 9.17) is 11.6 Å². The Morgan fingerprint density at radius 3 is 2.88 bits per heavy atom. The summed E-state index contributed by atoms with van der Waals surface area (Å²) in [6.45, 7) is 4.49. The fourth-order valence-corrected chi connectivity index (χ4v) is 1.96. The van der Waals surface area contributed by atoms with E-state index < -0.39 is 0 Å². The largest absolute Gasteiger partial charge is 0.336 e. The molecule has 17 heavy (non-hydrogen) atoms. The highest BCUT2D eigenvalue weighted by Gasteiger charge is 2.09. The van der Waals surface area contributed by atoms with Crippen molar-refractivity contribution in [3.05, 3.63) is 35.1 Å². The molecule has 0 saturated carbocycles. The summed E-state index contributed by atoms with van der Waals surface area (Å²) in [6.07, 6.45) is 5.54. The molecule has 92 valence electrons. The molecule has 2 rings (SSSR count). The van der Waals surface area contributed by atoms with Gasteiger partial charge in [-0.1, -0.05) is 11.6 Å². The molecule has 0 amide bonds. The molecule has 5 nitrogen and oxygen atoms in total. The van der Waals surface area contributed by atoms with Crippen molar-refractivity contribution in [2.45, 2.75) is 20.0 Å². The van der Waals surface area contributed by atoms with E-state index >= 15 is 0 Å². The van der Waals surface area contributed by atoms with Crippen LogP contribution in [0.25, 0.3) is 0 Å². The molecule has 0 aromatic carbocycles. The van der Waals surface area contributed by atoms with Gasteiger partial charge in [-0.2, -0.15) is 5.10 Å². The average Bonchev–Trinajstić information content (AvgIpc) is 2.87. The number of nitrogens with one attached hydrogen (secondary N) is 1. The van der Waals surface area contributed by atoms with Crippen LogP contribution in [0.3, 0.4) is 0 Å². The standard InChI is InChI=1S/C11H16ClN5/c1-9-10(11(12)16(2)15-9)7-13-3-5-17-6-4-14-8-17/h4,6,8,13H,3,5,7H2,1-2H3. The summed E-state index contributed by atoms with van der Waals surface area (Å²) in [5.41, 5.74) is 2.05. The van der Waals surface area contributed by atoms with E-state index in [0.717, 1.165) is 30.9 Å². The highest BCUT2D eigenvalue weighted by molar-refractivity contribution is 6.30. The van der Waals surface area contributed by atoms with Gasteiger partial charge in [-0.05, 0) is 6.92 Å². The number of nitrogens with zero attached hydrogens (tertiary/aromatic N) is 4. The Bertz CT molecular complexity index is 474. The quantitative estimate of drug-likeness (QED) is 0.819. The van der Waals surface area contributed by atoms with E-state index in [1.165, 1.54) is 0 Å². The first-order valence-corrected chi connectivity index (χ1v) is 5.90. The first-order valence-electron chi connectivity index (χ1n) is 5.53. The van der Waals surface area contributed by atoms with Gasteiger partial charge in [0.1, 0.15) is 5.15 Å². The summed E-state index contributed by atoms with van der Waals surface area (Å²) in [5, 5.41) is 8.32. The smallest absolute Gasteiger partial charge is 0.131 e. The first-order chi connectivity index (χ1) is 8.18. The summed E-state index contributed by atoms with van der Waals surface area (Å²) in [6, 6.07) is 0. The molecule has 6 heteroatoms. The van der Waals surface area contributed by atoms with Gasteiger partial charge < -0.3 is 9.88 Å². The summed E-state index contributed by atoms with van der Waals surface area (Å²) in [4.78, 5) is 3.99. The summed E-state index contributed by atoms with van der Waals surface area (Å²) in [5.74, 6) is 0. The van der Waals surface area contributed by atoms with Crippen molar-refractivity contribution in [3.8, 4) is 0 Å². The molecule has 2 aromatic heterocycles. The Morgan fingerprint density at radius 2 is 2.29 bits per heavy atom. The molecule has 0 atom stereocenters. The minimum absolute atomic E-state index is 0.706. The third-order valence-corrected chi connectivity index (χ3v) is 3.15. The van der Waals surface area contributed by atoms with Gasteiger partial charge in [-0.25, -0.2) is 4.98 Å². The first kappa shape index (κ1) is 12.1. The Morgan fingerprint density at radius 1 is 1.47 bits per heavy atom. The number of halogens is 1. The number of aryl methyl sites for hydroxylation is 2. The van der Waals surface area contributed by atoms with Crippen LogP contribution in [0.5, 0.6) is 0 Å². The number of hydrogen-bond donors (Lipinski definition) is 1. The maximum atomic E-state index is 6.14. The van der Waals surface area contributed by atoms with Crippen LogP contribution in [-0.4, -0.2) is 25.9 Å². The van der Waals surface area contributed by atoms with Crippen molar-refractivity contribution in [2.24, 2.45) is 7.05 Å². The van der Waals surface area contributed by atoms with Crippen molar-refractivity contribution in [1.82, 2.24) is 24.6 Å². The molecular weight excluding hydrogens is 238 g/mol. The van der Waals surface area contributed by atoms with Gasteiger partial charge in [0, 0.05) is 44.6 Å². The molecular formula is C11H16ClN5. The van der Waals surface area contributed by atoms with Gasteiger partial charge in [-0.15, -0.1) is 0 Å². The van der Waals surface area contributed by atoms with Crippen LogP contribution in [0.1, 0.15) is 11.3 Å². The fraction of sp³-hybridized carbons (Fsp3) is 0.455. The highest BCUT2D eigenvalue weighted by atomic mass is 35.5. The van der Waals surface area contributed by atoms with Crippen LogP contribution >= 0.6 is 11.6 Å². The highest BCUT2D eigenvalue weighted by Crippen LogP contribution is 2.17. The van der Waals surface area contributed by atoms with Crippen molar-refractivity contribution in [2.75, 3.05) is 6.54 Å². The molecule has 0 fully saturated rings. The second-order valence-corrected chi connectivity index (χ2v) is 4.31. The molecule has 0 aliphatic heterocycles. The van der Waals surface area contributed by atoms with Gasteiger partial charge in [0.25, 0.3) is 0 Å². The van der Waals surface area contributed by atoms with Crippen LogP contribution < -0.4 is 5.32 Å². The van der Waals surface area contributed by atoms with E-state index in [1.54, 1.807) is 10.9 Å².